The van der Waals surface area contributed by atoms with Gasteiger partial charge in [0.25, 0.3) is 0 Å². The minimum absolute atomic E-state index is 0. The van der Waals surface area contributed by atoms with E-state index in [2.05, 4.69) is 17.1 Å². The molecule has 0 aromatic heterocycles. The van der Waals surface area contributed by atoms with Crippen LogP contribution in [0.25, 0.3) is 0 Å². The van der Waals surface area contributed by atoms with Gasteiger partial charge in [-0.2, -0.15) is 0 Å². The van der Waals surface area contributed by atoms with Gasteiger partial charge in [-0.25, -0.2) is 0 Å². The highest BCUT2D eigenvalue weighted by molar-refractivity contribution is 5.92. The Bertz CT molecular complexity index is 457. The summed E-state index contributed by atoms with van der Waals surface area (Å²) in [5.41, 5.74) is 6.73. The van der Waals surface area contributed by atoms with Gasteiger partial charge >= 0.3 is 0 Å². The van der Waals surface area contributed by atoms with E-state index in [4.69, 9.17) is 10.5 Å². The number of nitrogens with zero attached hydrogens (tertiary/aromatic N) is 1. The topological polar surface area (TPSA) is 67.6 Å². The van der Waals surface area contributed by atoms with Gasteiger partial charge in [0.2, 0.25) is 5.91 Å². The Morgan fingerprint density at radius 1 is 1.36 bits per heavy atom. The first-order valence-corrected chi connectivity index (χ1v) is 7.50. The third-order valence-corrected chi connectivity index (χ3v) is 4.12. The van der Waals surface area contributed by atoms with Crippen molar-refractivity contribution in [3.8, 4) is 5.75 Å². The fraction of sp³-hybridized carbons (Fsp3) is 0.562. The van der Waals surface area contributed by atoms with Crippen LogP contribution in [0, 0.1) is 5.92 Å². The number of ether oxygens (including phenoxy) is 1. The molecule has 0 spiro atoms. The Morgan fingerprint density at radius 2 is 1.95 bits per heavy atom. The van der Waals surface area contributed by atoms with Crippen LogP contribution in [0.4, 0.5) is 5.69 Å². The molecule has 0 saturated carbocycles. The van der Waals surface area contributed by atoms with Gasteiger partial charge in [-0.3, -0.25) is 9.69 Å². The first kappa shape index (κ1) is 18.7. The smallest absolute Gasteiger partial charge is 0.238 e. The minimum Gasteiger partial charge on any atom is -0.497 e. The molecule has 1 aliphatic heterocycles. The van der Waals surface area contributed by atoms with Gasteiger partial charge in [0, 0.05) is 11.7 Å². The Kier molecular flexibility index (Phi) is 7.65. The lowest BCUT2D eigenvalue weighted by atomic mass is 9.91. The van der Waals surface area contributed by atoms with Gasteiger partial charge in [-0.1, -0.05) is 0 Å². The molecule has 3 N–H and O–H groups in total. The van der Waals surface area contributed by atoms with Gasteiger partial charge < -0.3 is 15.8 Å². The van der Waals surface area contributed by atoms with E-state index < -0.39 is 0 Å². The van der Waals surface area contributed by atoms with Crippen LogP contribution in [0.1, 0.15) is 19.8 Å². The molecule has 2 rings (SSSR count). The molecule has 1 fully saturated rings. The van der Waals surface area contributed by atoms with E-state index in [-0.39, 0.29) is 24.4 Å². The third kappa shape index (κ3) is 5.48. The number of halogens is 1. The molecule has 5 nitrogen and oxygen atoms in total. The average Bonchev–Trinajstić information content (AvgIpc) is 2.48. The van der Waals surface area contributed by atoms with Crippen molar-refractivity contribution in [2.24, 2.45) is 11.7 Å². The largest absolute Gasteiger partial charge is 0.497 e. The first-order chi connectivity index (χ1) is 10.1. The summed E-state index contributed by atoms with van der Waals surface area (Å²) >= 11 is 0. The van der Waals surface area contributed by atoms with Gasteiger partial charge in [0.15, 0.2) is 0 Å². The molecule has 1 aromatic carbocycles. The van der Waals surface area contributed by atoms with E-state index in [0.29, 0.717) is 12.5 Å². The maximum atomic E-state index is 12.0. The second-order valence-corrected chi connectivity index (χ2v) is 5.75. The van der Waals surface area contributed by atoms with Crippen LogP contribution in [0.15, 0.2) is 24.3 Å². The summed E-state index contributed by atoms with van der Waals surface area (Å²) in [6.45, 7) is 4.40. The SMILES string of the molecule is COc1ccc(NC(=O)CN2CCC(C(C)N)CC2)cc1.Cl. The van der Waals surface area contributed by atoms with Gasteiger partial charge in [-0.05, 0) is 63.0 Å². The van der Waals surface area contributed by atoms with Crippen LogP contribution < -0.4 is 15.8 Å². The maximum Gasteiger partial charge on any atom is 0.238 e. The molecule has 1 amide bonds. The molecule has 1 saturated heterocycles. The number of carbonyl (C=O) groups excluding carboxylic acids is 1. The van der Waals surface area contributed by atoms with E-state index in [1.807, 2.05) is 24.3 Å². The van der Waals surface area contributed by atoms with Gasteiger partial charge in [0.05, 0.1) is 13.7 Å². The molecule has 124 valence electrons. The second-order valence-electron chi connectivity index (χ2n) is 5.75. The van der Waals surface area contributed by atoms with E-state index >= 15 is 0 Å². The summed E-state index contributed by atoms with van der Waals surface area (Å²) in [7, 11) is 1.62. The highest BCUT2D eigenvalue weighted by atomic mass is 35.5. The molecule has 0 bridgehead atoms. The molecule has 22 heavy (non-hydrogen) atoms. The zero-order valence-electron chi connectivity index (χ0n) is 13.2. The van der Waals surface area contributed by atoms with Crippen LogP contribution in [0.3, 0.4) is 0 Å². The highest BCUT2D eigenvalue weighted by Crippen LogP contribution is 2.19. The third-order valence-electron chi connectivity index (χ3n) is 4.12. The normalized spacial score (nSPS) is 17.4. The minimum atomic E-state index is 0. The number of methoxy groups -OCH3 is 1. The molecule has 1 aliphatic rings. The summed E-state index contributed by atoms with van der Waals surface area (Å²) in [5.74, 6) is 1.40. The fourth-order valence-electron chi connectivity index (χ4n) is 2.71. The van der Waals surface area contributed by atoms with Gasteiger partial charge in [-0.15, -0.1) is 12.4 Å². The monoisotopic (exact) mass is 327 g/mol. The molecular formula is C16H26ClN3O2. The summed E-state index contributed by atoms with van der Waals surface area (Å²) < 4.78 is 5.09. The van der Waals surface area contributed by atoms with E-state index in [0.717, 1.165) is 37.4 Å². The van der Waals surface area contributed by atoms with Crippen molar-refractivity contribution in [3.05, 3.63) is 24.3 Å². The zero-order chi connectivity index (χ0) is 15.2. The first-order valence-electron chi connectivity index (χ1n) is 7.50. The summed E-state index contributed by atoms with van der Waals surface area (Å²) in [6, 6.07) is 7.62. The molecular weight excluding hydrogens is 302 g/mol. The number of likely N-dealkylation sites (tertiary alicyclic amines) is 1. The van der Waals surface area contributed by atoms with Crippen LogP contribution >= 0.6 is 12.4 Å². The summed E-state index contributed by atoms with van der Waals surface area (Å²) in [6.07, 6.45) is 2.15. The molecule has 1 heterocycles. The number of hydrogen-bond donors (Lipinski definition) is 2. The number of carbonyl (C=O) groups is 1. The molecule has 0 aliphatic carbocycles. The van der Waals surface area contributed by atoms with Crippen molar-refractivity contribution in [3.63, 3.8) is 0 Å². The quantitative estimate of drug-likeness (QED) is 0.869. The predicted octanol–water partition coefficient (Wildman–Crippen LogP) is 2.11. The molecule has 0 radical (unpaired) electrons. The number of amides is 1. The molecule has 1 aromatic rings. The van der Waals surface area contributed by atoms with Gasteiger partial charge in [0.1, 0.15) is 5.75 Å². The van der Waals surface area contributed by atoms with Crippen LogP contribution in [0.5, 0.6) is 5.75 Å². The number of rotatable bonds is 5. The Hall–Kier alpha value is -1.30. The lowest BCUT2D eigenvalue weighted by Gasteiger charge is -2.33. The Morgan fingerprint density at radius 3 is 2.45 bits per heavy atom. The lowest BCUT2D eigenvalue weighted by molar-refractivity contribution is -0.117. The Balaban J connectivity index is 0.00000242. The number of nitrogens with two attached hydrogens (primary N) is 1. The lowest BCUT2D eigenvalue weighted by Crippen LogP contribution is -2.42. The van der Waals surface area contributed by atoms with Crippen LogP contribution in [0.2, 0.25) is 0 Å². The number of piperidine rings is 1. The van der Waals surface area contributed by atoms with Crippen molar-refractivity contribution in [1.82, 2.24) is 4.90 Å². The number of nitrogens with one attached hydrogen (secondary N) is 1. The average molecular weight is 328 g/mol. The van der Waals surface area contributed by atoms with E-state index in [9.17, 15) is 4.79 Å². The molecule has 1 atom stereocenters. The standard InChI is InChI=1S/C16H25N3O2.ClH/c1-12(17)13-7-9-19(10-8-13)11-16(20)18-14-3-5-15(21-2)6-4-14;/h3-6,12-13H,7-11,17H2,1-2H3,(H,18,20);1H. The second kappa shape index (κ2) is 8.98. The van der Waals surface area contributed by atoms with Crippen molar-refractivity contribution in [2.45, 2.75) is 25.8 Å². The van der Waals surface area contributed by atoms with Crippen molar-refractivity contribution >= 4 is 24.0 Å². The molecule has 6 heteroatoms. The maximum absolute atomic E-state index is 12.0. The fourth-order valence-corrected chi connectivity index (χ4v) is 2.71. The Labute approximate surface area is 138 Å². The van der Waals surface area contributed by atoms with Crippen molar-refractivity contribution in [2.75, 3.05) is 32.1 Å². The van der Waals surface area contributed by atoms with Crippen molar-refractivity contribution in [1.29, 1.82) is 0 Å². The van der Waals surface area contributed by atoms with Crippen LogP contribution in [-0.2, 0) is 4.79 Å². The zero-order valence-corrected chi connectivity index (χ0v) is 14.1. The molecule has 1 unspecified atom stereocenters. The number of anilines is 1. The predicted molar refractivity (Wildman–Crippen MR) is 91.7 cm³/mol. The van der Waals surface area contributed by atoms with Crippen molar-refractivity contribution < 1.29 is 9.53 Å². The summed E-state index contributed by atoms with van der Waals surface area (Å²) in [4.78, 5) is 14.2. The van der Waals surface area contributed by atoms with E-state index in [1.165, 1.54) is 0 Å². The van der Waals surface area contributed by atoms with Crippen LogP contribution in [-0.4, -0.2) is 43.6 Å². The number of hydrogen-bond acceptors (Lipinski definition) is 4. The van der Waals surface area contributed by atoms with E-state index in [1.54, 1.807) is 7.11 Å². The summed E-state index contributed by atoms with van der Waals surface area (Å²) in [5, 5.41) is 2.91. The number of benzene rings is 1. The highest BCUT2D eigenvalue weighted by Gasteiger charge is 2.22.